The van der Waals surface area contributed by atoms with E-state index in [0.29, 0.717) is 15.9 Å². The fraction of sp³-hybridized carbons (Fsp3) is 0.200. The van der Waals surface area contributed by atoms with Crippen LogP contribution in [-0.4, -0.2) is 33.5 Å². The van der Waals surface area contributed by atoms with Gasteiger partial charge in [0.2, 0.25) is 5.88 Å². The summed E-state index contributed by atoms with van der Waals surface area (Å²) >= 11 is 4.58. The summed E-state index contributed by atoms with van der Waals surface area (Å²) in [7, 11) is 3.12. The molecule has 0 bridgehead atoms. The number of fused-ring (bicyclic) bond motifs is 1. The lowest BCUT2D eigenvalue weighted by atomic mass is 10.2. The Morgan fingerprint density at radius 1 is 1.12 bits per heavy atom. The van der Waals surface area contributed by atoms with Crippen molar-refractivity contribution < 1.29 is 13.5 Å². The second-order valence-electron chi connectivity index (χ2n) is 6.71. The molecule has 0 atom stereocenters. The minimum atomic E-state index is -0.797. The van der Waals surface area contributed by atoms with Gasteiger partial charge in [0, 0.05) is 23.7 Å². The number of methoxy groups -OCH3 is 1. The number of nitrogens with zero attached hydrogens (tertiary/aromatic N) is 4. The minimum absolute atomic E-state index is 0.0387. The first-order valence-corrected chi connectivity index (χ1v) is 10.9. The van der Waals surface area contributed by atoms with Gasteiger partial charge in [0.25, 0.3) is 5.56 Å². The van der Waals surface area contributed by atoms with Gasteiger partial charge in [0.15, 0.2) is 5.82 Å². The first-order valence-electron chi connectivity index (χ1n) is 9.29. The normalized spacial score (nSPS) is 11.3. The van der Waals surface area contributed by atoms with E-state index in [-0.39, 0.29) is 27.5 Å². The molecule has 3 aromatic heterocycles. The second kappa shape index (κ2) is 8.88. The molecule has 1 aromatic carbocycles. The maximum Gasteiger partial charge on any atom is 0.338 e. The molecule has 0 spiro atoms. The van der Waals surface area contributed by atoms with E-state index in [4.69, 9.17) is 4.74 Å². The molecule has 0 unspecified atom stereocenters. The Bertz CT molecular complexity index is 1410. The third kappa shape index (κ3) is 3.74. The lowest BCUT2D eigenvalue weighted by Gasteiger charge is -2.13. The smallest absolute Gasteiger partial charge is 0.338 e. The van der Waals surface area contributed by atoms with Crippen molar-refractivity contribution in [3.8, 4) is 11.7 Å². The number of aromatic nitrogens is 4. The molecular formula is C20H16BrF2N5O3S. The van der Waals surface area contributed by atoms with Crippen molar-refractivity contribution in [1.82, 2.24) is 24.6 Å². The average Bonchev–Trinajstić information content (AvgIpc) is 3.10. The average molecular weight is 524 g/mol. The highest BCUT2D eigenvalue weighted by Crippen LogP contribution is 2.33. The molecular weight excluding hydrogens is 508 g/mol. The molecule has 12 heteroatoms. The van der Waals surface area contributed by atoms with Gasteiger partial charge in [0.1, 0.15) is 16.5 Å². The van der Waals surface area contributed by atoms with Crippen molar-refractivity contribution in [3.63, 3.8) is 0 Å². The Kier molecular flexibility index (Phi) is 6.17. The number of thiophene rings is 1. The van der Waals surface area contributed by atoms with Gasteiger partial charge in [0.05, 0.1) is 22.8 Å². The lowest BCUT2D eigenvalue weighted by Crippen LogP contribution is -2.39. The van der Waals surface area contributed by atoms with E-state index >= 15 is 0 Å². The van der Waals surface area contributed by atoms with Gasteiger partial charge in [-0.15, -0.1) is 21.5 Å². The second-order valence-corrected chi connectivity index (χ2v) is 9.03. The third-order valence-electron chi connectivity index (χ3n) is 4.82. The molecule has 0 fully saturated rings. The van der Waals surface area contributed by atoms with Crippen LogP contribution in [0.5, 0.6) is 5.88 Å². The summed E-state index contributed by atoms with van der Waals surface area (Å²) in [5.74, 6) is -1.43. The molecule has 4 aromatic rings. The molecule has 1 N–H and O–H groups in total. The van der Waals surface area contributed by atoms with Gasteiger partial charge in [-0.1, -0.05) is 6.07 Å². The molecule has 4 rings (SSSR count). The predicted octanol–water partition coefficient (Wildman–Crippen LogP) is 2.82. The van der Waals surface area contributed by atoms with E-state index < -0.39 is 29.4 Å². The summed E-state index contributed by atoms with van der Waals surface area (Å²) in [5.41, 5.74) is -1.08. The summed E-state index contributed by atoms with van der Waals surface area (Å²) in [5, 5.41) is 11.0. The predicted molar refractivity (Wildman–Crippen MR) is 120 cm³/mol. The molecule has 3 heterocycles. The highest BCUT2D eigenvalue weighted by atomic mass is 79.9. The van der Waals surface area contributed by atoms with Gasteiger partial charge in [-0.25, -0.2) is 18.1 Å². The van der Waals surface area contributed by atoms with E-state index in [1.165, 1.54) is 29.9 Å². The molecule has 32 heavy (non-hydrogen) atoms. The van der Waals surface area contributed by atoms with Gasteiger partial charge < -0.3 is 10.1 Å². The van der Waals surface area contributed by atoms with Crippen LogP contribution in [0.1, 0.15) is 11.1 Å². The maximum atomic E-state index is 14.4. The Labute approximate surface area is 192 Å². The third-order valence-corrected chi connectivity index (χ3v) is 6.83. The van der Waals surface area contributed by atoms with Gasteiger partial charge in [-0.3, -0.25) is 9.36 Å². The summed E-state index contributed by atoms with van der Waals surface area (Å²) in [6.07, 6.45) is 0. The zero-order chi connectivity index (χ0) is 23.0. The number of hydrogen-bond acceptors (Lipinski definition) is 7. The van der Waals surface area contributed by atoms with Gasteiger partial charge >= 0.3 is 5.69 Å². The zero-order valence-electron chi connectivity index (χ0n) is 16.9. The van der Waals surface area contributed by atoms with Gasteiger partial charge in [-0.2, -0.15) is 0 Å². The fourth-order valence-corrected chi connectivity index (χ4v) is 5.13. The van der Waals surface area contributed by atoms with Crippen LogP contribution in [0.4, 0.5) is 8.78 Å². The van der Waals surface area contributed by atoms with Crippen LogP contribution < -0.4 is 21.3 Å². The molecule has 0 aliphatic rings. The monoisotopic (exact) mass is 523 g/mol. The van der Waals surface area contributed by atoms with E-state index in [9.17, 15) is 18.4 Å². The molecule has 166 valence electrons. The zero-order valence-corrected chi connectivity index (χ0v) is 19.3. The van der Waals surface area contributed by atoms with Crippen LogP contribution in [-0.2, 0) is 13.1 Å². The van der Waals surface area contributed by atoms with Crippen molar-refractivity contribution in [2.75, 3.05) is 14.2 Å². The number of rotatable bonds is 6. The first-order chi connectivity index (χ1) is 15.4. The minimum Gasteiger partial charge on any atom is -0.480 e. The summed E-state index contributed by atoms with van der Waals surface area (Å²) in [4.78, 5) is 27.1. The molecule has 0 saturated heterocycles. The number of hydrogen-bond donors (Lipinski definition) is 1. The van der Waals surface area contributed by atoms with Crippen molar-refractivity contribution >= 4 is 37.5 Å². The maximum absolute atomic E-state index is 14.4. The topological polar surface area (TPSA) is 91.0 Å². The largest absolute Gasteiger partial charge is 0.480 e. The number of halogens is 3. The summed E-state index contributed by atoms with van der Waals surface area (Å²) in [6, 6.07) is 6.34. The van der Waals surface area contributed by atoms with Crippen LogP contribution in [0.2, 0.25) is 0 Å². The van der Waals surface area contributed by atoms with Crippen LogP contribution in [0.25, 0.3) is 16.0 Å². The highest BCUT2D eigenvalue weighted by Gasteiger charge is 2.23. The van der Waals surface area contributed by atoms with Crippen molar-refractivity contribution in [3.05, 3.63) is 77.7 Å². The Morgan fingerprint density at radius 2 is 1.84 bits per heavy atom. The van der Waals surface area contributed by atoms with Crippen molar-refractivity contribution in [2.24, 2.45) is 0 Å². The number of ether oxygens (including phenoxy) is 1. The van der Waals surface area contributed by atoms with Crippen LogP contribution in [0, 0.1) is 11.6 Å². The lowest BCUT2D eigenvalue weighted by molar-refractivity contribution is 0.391. The molecule has 0 amide bonds. The fourth-order valence-electron chi connectivity index (χ4n) is 3.30. The van der Waals surface area contributed by atoms with Crippen LogP contribution in [0.15, 0.2) is 43.7 Å². The quantitative estimate of drug-likeness (QED) is 0.418. The molecule has 8 nitrogen and oxygen atoms in total. The Balaban J connectivity index is 2.07. The van der Waals surface area contributed by atoms with Crippen molar-refractivity contribution in [1.29, 1.82) is 0 Å². The van der Waals surface area contributed by atoms with Crippen LogP contribution >= 0.6 is 27.3 Å². The number of benzene rings is 1. The van der Waals surface area contributed by atoms with Crippen molar-refractivity contribution in [2.45, 2.75) is 13.1 Å². The highest BCUT2D eigenvalue weighted by molar-refractivity contribution is 9.11. The summed E-state index contributed by atoms with van der Waals surface area (Å²) in [6.45, 7) is -0.0833. The first kappa shape index (κ1) is 22.2. The Hall–Kier alpha value is -2.96. The number of nitrogens with one attached hydrogen (secondary N) is 1. The summed E-state index contributed by atoms with van der Waals surface area (Å²) < 4.78 is 36.4. The molecule has 0 radical (unpaired) electrons. The SMILES string of the molecule is CNCc1c(Br)sc2c1c(=O)n(-c1ccc(OC)nn1)c(=O)n2Cc1c(F)cccc1F. The Morgan fingerprint density at radius 3 is 2.44 bits per heavy atom. The molecule has 0 aliphatic heterocycles. The molecule has 0 aliphatic carbocycles. The van der Waals surface area contributed by atoms with E-state index in [1.54, 1.807) is 7.05 Å². The molecule has 0 saturated carbocycles. The van der Waals surface area contributed by atoms with E-state index in [2.05, 4.69) is 31.4 Å². The van der Waals surface area contributed by atoms with E-state index in [1.807, 2.05) is 0 Å². The standard InChI is InChI=1S/C20H16BrF2N5O3S/c1-24-8-10-16-18(29)28(14-6-7-15(31-2)26-25-14)20(30)27(19(16)32-17(10)21)9-11-12(22)4-3-5-13(11)23/h3-7,24H,8-9H2,1-2H3. The van der Waals surface area contributed by atoms with Gasteiger partial charge in [-0.05, 0) is 41.2 Å². The van der Waals surface area contributed by atoms with Crippen LogP contribution in [0.3, 0.4) is 0 Å². The van der Waals surface area contributed by atoms with E-state index in [0.717, 1.165) is 28.0 Å².